The highest BCUT2D eigenvalue weighted by molar-refractivity contribution is 5.37. The highest BCUT2D eigenvalue weighted by atomic mass is 16.5. The summed E-state index contributed by atoms with van der Waals surface area (Å²) >= 11 is 0. The molecule has 0 saturated carbocycles. The minimum Gasteiger partial charge on any atom is -0.356 e. The van der Waals surface area contributed by atoms with Gasteiger partial charge in [0.25, 0.3) is 0 Å². The lowest BCUT2D eigenvalue weighted by molar-refractivity contribution is 0.0252. The van der Waals surface area contributed by atoms with Crippen molar-refractivity contribution in [2.75, 3.05) is 13.2 Å². The first kappa shape index (κ1) is 17.4. The van der Waals surface area contributed by atoms with Crippen molar-refractivity contribution in [3.8, 4) is 6.07 Å². The molecule has 1 aliphatic heterocycles. The minimum absolute atomic E-state index is 0.189. The van der Waals surface area contributed by atoms with E-state index in [1.807, 2.05) is 30.5 Å². The van der Waals surface area contributed by atoms with Gasteiger partial charge in [-0.25, -0.2) is 4.68 Å². The quantitative estimate of drug-likeness (QED) is 0.700. The van der Waals surface area contributed by atoms with Gasteiger partial charge in [-0.1, -0.05) is 53.2 Å². The molecule has 0 N–H and O–H groups in total. The normalized spacial score (nSPS) is 17.1. The molecule has 2 aromatic carbocycles. The lowest BCUT2D eigenvalue weighted by atomic mass is 10.1. The molecule has 27 heavy (non-hydrogen) atoms. The molecule has 0 amide bonds. The largest absolute Gasteiger partial charge is 0.356 e. The van der Waals surface area contributed by atoms with Crippen LogP contribution in [-0.4, -0.2) is 33.0 Å². The number of rotatable bonds is 5. The third-order valence-electron chi connectivity index (χ3n) is 4.77. The summed E-state index contributed by atoms with van der Waals surface area (Å²) in [6.07, 6.45) is 1.72. The summed E-state index contributed by atoms with van der Waals surface area (Å²) in [4.78, 5) is 2.27. The number of nitrogens with zero attached hydrogens (tertiary/aromatic N) is 5. The van der Waals surface area contributed by atoms with Crippen LogP contribution in [0.3, 0.4) is 0 Å². The molecule has 136 valence electrons. The average molecular weight is 359 g/mol. The summed E-state index contributed by atoms with van der Waals surface area (Å²) < 4.78 is 7.67. The second-order valence-electron chi connectivity index (χ2n) is 6.79. The second-order valence-corrected chi connectivity index (χ2v) is 6.79. The molecule has 6 heteroatoms. The van der Waals surface area contributed by atoms with Crippen LogP contribution in [0.2, 0.25) is 0 Å². The Hall–Kier alpha value is -3.01. The Morgan fingerprint density at radius 1 is 1.15 bits per heavy atom. The molecule has 1 fully saturated rings. The van der Waals surface area contributed by atoms with Gasteiger partial charge >= 0.3 is 0 Å². The highest BCUT2D eigenvalue weighted by Crippen LogP contribution is 2.27. The first-order chi connectivity index (χ1) is 13.2. The number of hydrogen-bond donors (Lipinski definition) is 0. The van der Waals surface area contributed by atoms with Crippen molar-refractivity contribution in [2.24, 2.45) is 0 Å². The fourth-order valence-electron chi connectivity index (χ4n) is 3.31. The Kier molecular flexibility index (Phi) is 4.97. The predicted molar refractivity (Wildman–Crippen MR) is 101 cm³/mol. The van der Waals surface area contributed by atoms with Crippen molar-refractivity contribution < 1.29 is 4.74 Å². The van der Waals surface area contributed by atoms with Gasteiger partial charge in [0.2, 0.25) is 0 Å². The number of ether oxygens (including phenoxy) is 1. The minimum atomic E-state index is -0.189. The van der Waals surface area contributed by atoms with Gasteiger partial charge in [-0.15, -0.1) is 5.10 Å². The van der Waals surface area contributed by atoms with Crippen LogP contribution < -0.4 is 0 Å². The average Bonchev–Trinajstić information content (AvgIpc) is 3.33. The Morgan fingerprint density at radius 3 is 2.78 bits per heavy atom. The fraction of sp³-hybridized carbons (Fsp3) is 0.286. The monoisotopic (exact) mass is 359 g/mol. The van der Waals surface area contributed by atoms with Crippen molar-refractivity contribution in [2.45, 2.75) is 26.2 Å². The molecule has 1 saturated heterocycles. The van der Waals surface area contributed by atoms with Crippen LogP contribution in [0.1, 0.15) is 34.2 Å². The maximum Gasteiger partial charge on any atom is 0.157 e. The van der Waals surface area contributed by atoms with Crippen LogP contribution in [0, 0.1) is 18.3 Å². The van der Waals surface area contributed by atoms with Crippen LogP contribution >= 0.6 is 0 Å². The van der Waals surface area contributed by atoms with Crippen molar-refractivity contribution in [1.29, 1.82) is 5.26 Å². The van der Waals surface area contributed by atoms with Crippen molar-refractivity contribution in [1.82, 2.24) is 19.9 Å². The van der Waals surface area contributed by atoms with E-state index in [1.165, 1.54) is 11.1 Å². The van der Waals surface area contributed by atoms with Crippen molar-refractivity contribution in [3.05, 3.63) is 82.7 Å². The molecular weight excluding hydrogens is 338 g/mol. The Morgan fingerprint density at radius 2 is 1.96 bits per heavy atom. The van der Waals surface area contributed by atoms with Gasteiger partial charge < -0.3 is 4.74 Å². The van der Waals surface area contributed by atoms with Crippen molar-refractivity contribution >= 4 is 0 Å². The molecule has 4 rings (SSSR count). The van der Waals surface area contributed by atoms with Gasteiger partial charge in [-0.3, -0.25) is 4.90 Å². The van der Waals surface area contributed by atoms with E-state index < -0.39 is 0 Å². The molecule has 0 spiro atoms. The molecule has 1 aliphatic rings. The molecule has 6 nitrogen and oxygen atoms in total. The maximum atomic E-state index is 9.24. The Labute approximate surface area is 158 Å². The van der Waals surface area contributed by atoms with Crippen LogP contribution in [0.15, 0.2) is 54.7 Å². The molecule has 3 aromatic rings. The molecule has 0 aliphatic carbocycles. The molecular formula is C21H21N5O. The number of nitriles is 1. The van der Waals surface area contributed by atoms with E-state index in [0.29, 0.717) is 18.7 Å². The number of aromatic nitrogens is 3. The SMILES string of the molecule is Cc1ccc(CN2CCO[C@H]2c2cn(Cc3ccccc3C#N)nn2)cc1. The summed E-state index contributed by atoms with van der Waals surface area (Å²) in [5.74, 6) is 0. The van der Waals surface area contributed by atoms with Crippen LogP contribution in [-0.2, 0) is 17.8 Å². The summed E-state index contributed by atoms with van der Waals surface area (Å²) in [6, 6.07) is 18.3. The van der Waals surface area contributed by atoms with E-state index in [1.54, 1.807) is 4.68 Å². The zero-order valence-electron chi connectivity index (χ0n) is 15.2. The Bertz CT molecular complexity index is 957. The number of hydrogen-bond acceptors (Lipinski definition) is 5. The predicted octanol–water partition coefficient (Wildman–Crippen LogP) is 3.04. The van der Waals surface area contributed by atoms with E-state index in [-0.39, 0.29) is 6.23 Å². The molecule has 1 aromatic heterocycles. The maximum absolute atomic E-state index is 9.24. The molecule has 0 radical (unpaired) electrons. The van der Waals surface area contributed by atoms with Gasteiger partial charge in [-0.05, 0) is 24.1 Å². The summed E-state index contributed by atoms with van der Waals surface area (Å²) in [5, 5.41) is 17.8. The third kappa shape index (κ3) is 3.90. The smallest absolute Gasteiger partial charge is 0.157 e. The zero-order valence-corrected chi connectivity index (χ0v) is 15.2. The highest BCUT2D eigenvalue weighted by Gasteiger charge is 2.29. The molecule has 2 heterocycles. The summed E-state index contributed by atoms with van der Waals surface area (Å²) in [7, 11) is 0. The van der Waals surface area contributed by atoms with Gasteiger partial charge in [0.1, 0.15) is 5.69 Å². The van der Waals surface area contributed by atoms with Gasteiger partial charge in [0.05, 0.1) is 31.0 Å². The fourth-order valence-corrected chi connectivity index (χ4v) is 3.31. The van der Waals surface area contributed by atoms with E-state index in [2.05, 4.69) is 52.5 Å². The first-order valence-corrected chi connectivity index (χ1v) is 9.02. The van der Waals surface area contributed by atoms with Crippen LogP contribution in [0.5, 0.6) is 0 Å². The first-order valence-electron chi connectivity index (χ1n) is 9.02. The number of benzene rings is 2. The Balaban J connectivity index is 1.48. The lowest BCUT2D eigenvalue weighted by Crippen LogP contribution is -2.23. The van der Waals surface area contributed by atoms with E-state index in [0.717, 1.165) is 24.3 Å². The van der Waals surface area contributed by atoms with E-state index in [4.69, 9.17) is 4.74 Å². The standard InChI is InChI=1S/C21H21N5O/c1-16-6-8-17(9-7-16)13-25-10-11-27-21(25)20-15-26(24-23-20)14-19-5-3-2-4-18(19)12-22/h2-9,15,21H,10-11,13-14H2,1H3/t21-/m0/s1. The van der Waals surface area contributed by atoms with Crippen LogP contribution in [0.4, 0.5) is 0 Å². The zero-order chi connectivity index (χ0) is 18.6. The number of aryl methyl sites for hydroxylation is 1. The second kappa shape index (κ2) is 7.70. The van der Waals surface area contributed by atoms with Gasteiger partial charge in [-0.2, -0.15) is 5.26 Å². The van der Waals surface area contributed by atoms with Gasteiger partial charge in [0.15, 0.2) is 6.23 Å². The molecule has 1 atom stereocenters. The molecule has 0 unspecified atom stereocenters. The summed E-state index contributed by atoms with van der Waals surface area (Å²) in [5.41, 5.74) is 4.90. The topological polar surface area (TPSA) is 67.0 Å². The van der Waals surface area contributed by atoms with Crippen molar-refractivity contribution in [3.63, 3.8) is 0 Å². The molecule has 0 bridgehead atoms. The third-order valence-corrected chi connectivity index (χ3v) is 4.77. The lowest BCUT2D eigenvalue weighted by Gasteiger charge is -2.21. The van der Waals surface area contributed by atoms with Crippen LogP contribution in [0.25, 0.3) is 0 Å². The van der Waals surface area contributed by atoms with E-state index in [9.17, 15) is 5.26 Å². The van der Waals surface area contributed by atoms with E-state index >= 15 is 0 Å². The van der Waals surface area contributed by atoms with Gasteiger partial charge in [0, 0.05) is 13.1 Å². The summed E-state index contributed by atoms with van der Waals surface area (Å²) in [6.45, 7) is 4.97.